The molecule has 0 spiro atoms. The summed E-state index contributed by atoms with van der Waals surface area (Å²) in [7, 11) is 1.88. The lowest BCUT2D eigenvalue weighted by atomic mass is 10.3. The number of likely N-dealkylation sites (N-methyl/N-ethyl adjacent to an activating group) is 1. The van der Waals surface area contributed by atoms with Crippen LogP contribution < -0.4 is 4.90 Å². The van der Waals surface area contributed by atoms with E-state index in [1.807, 2.05) is 23.4 Å². The van der Waals surface area contributed by atoms with Gasteiger partial charge in [0.1, 0.15) is 10.6 Å². The first-order valence-corrected chi connectivity index (χ1v) is 6.13. The Morgan fingerprint density at radius 2 is 2.31 bits per heavy atom. The van der Waals surface area contributed by atoms with Gasteiger partial charge < -0.3 is 10.0 Å². The highest BCUT2D eigenvalue weighted by molar-refractivity contribution is 7.16. The lowest BCUT2D eigenvalue weighted by molar-refractivity contribution is 0.201. The van der Waals surface area contributed by atoms with Gasteiger partial charge in [0.05, 0.1) is 11.5 Å². The summed E-state index contributed by atoms with van der Waals surface area (Å²) in [5, 5.41) is 12.5. The number of aliphatic hydroxyl groups is 1. The second kappa shape index (κ2) is 4.53. The lowest BCUT2D eigenvalue weighted by Gasteiger charge is -2.20. The number of anilines is 1. The molecule has 0 fully saturated rings. The molecule has 2 heterocycles. The molecular weight excluding hydrogens is 246 g/mol. The largest absolute Gasteiger partial charge is 0.392 e. The van der Waals surface area contributed by atoms with Gasteiger partial charge in [-0.25, -0.2) is 4.98 Å². The van der Waals surface area contributed by atoms with E-state index in [4.69, 9.17) is 11.6 Å². The molecule has 2 rings (SSSR count). The zero-order valence-corrected chi connectivity index (χ0v) is 10.6. The van der Waals surface area contributed by atoms with Gasteiger partial charge in [0.2, 0.25) is 5.28 Å². The second-order valence-corrected chi connectivity index (χ2v) is 4.92. The predicted molar refractivity (Wildman–Crippen MR) is 67.4 cm³/mol. The Hall–Kier alpha value is -0.910. The van der Waals surface area contributed by atoms with Crippen LogP contribution >= 0.6 is 22.9 Å². The number of fused-ring (bicyclic) bond motifs is 1. The van der Waals surface area contributed by atoms with E-state index >= 15 is 0 Å². The molecule has 4 nitrogen and oxygen atoms in total. The molecule has 86 valence electrons. The SMILES string of the molecule is CC(O)CN(C)c1nc(Cl)nc2sccc12. The van der Waals surface area contributed by atoms with Crippen LogP contribution in [0.15, 0.2) is 11.4 Å². The molecule has 6 heteroatoms. The monoisotopic (exact) mass is 257 g/mol. The zero-order chi connectivity index (χ0) is 11.7. The van der Waals surface area contributed by atoms with Crippen LogP contribution in [-0.4, -0.2) is 34.8 Å². The zero-order valence-electron chi connectivity index (χ0n) is 9.01. The van der Waals surface area contributed by atoms with Crippen molar-refractivity contribution >= 4 is 39.0 Å². The summed E-state index contributed by atoms with van der Waals surface area (Å²) in [5.41, 5.74) is 0. The Bertz CT molecular complexity index is 500. The van der Waals surface area contributed by atoms with E-state index in [1.54, 1.807) is 6.92 Å². The molecule has 0 saturated carbocycles. The summed E-state index contributed by atoms with van der Waals surface area (Å²) in [6, 6.07) is 1.96. The fourth-order valence-electron chi connectivity index (χ4n) is 1.59. The average Bonchev–Trinajstić information content (AvgIpc) is 2.62. The van der Waals surface area contributed by atoms with E-state index in [1.165, 1.54) is 11.3 Å². The number of aromatic nitrogens is 2. The van der Waals surface area contributed by atoms with Crippen molar-refractivity contribution in [1.82, 2.24) is 9.97 Å². The number of aliphatic hydroxyl groups excluding tert-OH is 1. The number of hydrogen-bond donors (Lipinski definition) is 1. The molecular formula is C10H12ClN3OS. The van der Waals surface area contributed by atoms with Crippen LogP contribution in [0.4, 0.5) is 5.82 Å². The predicted octanol–water partition coefficient (Wildman–Crippen LogP) is 2.16. The van der Waals surface area contributed by atoms with Gasteiger partial charge in [-0.1, -0.05) is 0 Å². The van der Waals surface area contributed by atoms with Crippen molar-refractivity contribution in [1.29, 1.82) is 0 Å². The van der Waals surface area contributed by atoms with E-state index < -0.39 is 6.10 Å². The maximum absolute atomic E-state index is 9.36. The topological polar surface area (TPSA) is 49.2 Å². The molecule has 0 saturated heterocycles. The van der Waals surface area contributed by atoms with Crippen molar-refractivity contribution < 1.29 is 5.11 Å². The van der Waals surface area contributed by atoms with Crippen LogP contribution in [0.25, 0.3) is 10.2 Å². The van der Waals surface area contributed by atoms with Crippen LogP contribution in [0.1, 0.15) is 6.92 Å². The highest BCUT2D eigenvalue weighted by Gasteiger charge is 2.13. The molecule has 1 atom stereocenters. The number of halogens is 1. The number of rotatable bonds is 3. The van der Waals surface area contributed by atoms with Crippen molar-refractivity contribution in [3.05, 3.63) is 16.7 Å². The molecule has 0 bridgehead atoms. The van der Waals surface area contributed by atoms with Gasteiger partial charge in [0.15, 0.2) is 0 Å². The summed E-state index contributed by atoms with van der Waals surface area (Å²) < 4.78 is 0. The van der Waals surface area contributed by atoms with Crippen molar-refractivity contribution in [2.75, 3.05) is 18.5 Å². The van der Waals surface area contributed by atoms with Gasteiger partial charge in [-0.3, -0.25) is 0 Å². The number of nitrogens with zero attached hydrogens (tertiary/aromatic N) is 3. The number of thiophene rings is 1. The summed E-state index contributed by atoms with van der Waals surface area (Å²) in [5.74, 6) is 0.761. The highest BCUT2D eigenvalue weighted by Crippen LogP contribution is 2.28. The Morgan fingerprint density at radius 1 is 1.56 bits per heavy atom. The van der Waals surface area contributed by atoms with Crippen LogP contribution in [0.2, 0.25) is 5.28 Å². The summed E-state index contributed by atoms with van der Waals surface area (Å²) in [4.78, 5) is 11.1. The minimum atomic E-state index is -0.410. The molecule has 0 aliphatic rings. The molecule has 16 heavy (non-hydrogen) atoms. The van der Waals surface area contributed by atoms with Gasteiger partial charge in [-0.15, -0.1) is 11.3 Å². The molecule has 2 aromatic rings. The Kier molecular flexibility index (Phi) is 3.28. The van der Waals surface area contributed by atoms with Crippen molar-refractivity contribution in [2.45, 2.75) is 13.0 Å². The van der Waals surface area contributed by atoms with E-state index in [-0.39, 0.29) is 5.28 Å². The third-order valence-electron chi connectivity index (χ3n) is 2.18. The molecule has 0 aliphatic heterocycles. The van der Waals surface area contributed by atoms with Crippen LogP contribution in [0, 0.1) is 0 Å². The van der Waals surface area contributed by atoms with Gasteiger partial charge >= 0.3 is 0 Å². The first-order valence-electron chi connectivity index (χ1n) is 4.88. The Morgan fingerprint density at radius 3 is 3.00 bits per heavy atom. The average molecular weight is 258 g/mol. The molecule has 0 aromatic carbocycles. The van der Waals surface area contributed by atoms with E-state index in [9.17, 15) is 5.11 Å². The van der Waals surface area contributed by atoms with Gasteiger partial charge in [0, 0.05) is 13.6 Å². The summed E-state index contributed by atoms with van der Waals surface area (Å²) >= 11 is 7.38. The fraction of sp³-hybridized carbons (Fsp3) is 0.400. The Balaban J connectivity index is 2.45. The molecule has 2 aromatic heterocycles. The molecule has 0 radical (unpaired) electrons. The van der Waals surface area contributed by atoms with Gasteiger partial charge in [-0.05, 0) is 30.0 Å². The van der Waals surface area contributed by atoms with Crippen LogP contribution in [-0.2, 0) is 0 Å². The maximum atomic E-state index is 9.36. The fourth-order valence-corrected chi connectivity index (χ4v) is 2.56. The van der Waals surface area contributed by atoms with E-state index in [2.05, 4.69) is 9.97 Å². The standard InChI is InChI=1S/C10H12ClN3OS/c1-6(15)5-14(2)8-7-3-4-16-9(7)13-10(11)12-8/h3-4,6,15H,5H2,1-2H3. The van der Waals surface area contributed by atoms with Gasteiger partial charge in [0.25, 0.3) is 0 Å². The molecule has 1 N–H and O–H groups in total. The van der Waals surface area contributed by atoms with Crippen molar-refractivity contribution in [3.8, 4) is 0 Å². The van der Waals surface area contributed by atoms with Crippen molar-refractivity contribution in [2.24, 2.45) is 0 Å². The summed E-state index contributed by atoms with van der Waals surface area (Å²) in [6.45, 7) is 2.25. The van der Waals surface area contributed by atoms with Crippen molar-refractivity contribution in [3.63, 3.8) is 0 Å². The maximum Gasteiger partial charge on any atom is 0.225 e. The third kappa shape index (κ3) is 2.26. The van der Waals surface area contributed by atoms with Gasteiger partial charge in [-0.2, -0.15) is 4.98 Å². The Labute approximate surface area is 103 Å². The van der Waals surface area contributed by atoms with E-state index in [0.29, 0.717) is 6.54 Å². The molecule has 0 aliphatic carbocycles. The van der Waals surface area contributed by atoms with E-state index in [0.717, 1.165) is 16.0 Å². The number of hydrogen-bond acceptors (Lipinski definition) is 5. The first-order chi connectivity index (χ1) is 7.58. The lowest BCUT2D eigenvalue weighted by Crippen LogP contribution is -2.27. The first kappa shape index (κ1) is 11.6. The van der Waals surface area contributed by atoms with Crippen LogP contribution in [0.3, 0.4) is 0 Å². The minimum absolute atomic E-state index is 0.238. The minimum Gasteiger partial charge on any atom is -0.392 e. The second-order valence-electron chi connectivity index (χ2n) is 3.69. The normalized spacial score (nSPS) is 13.0. The van der Waals surface area contributed by atoms with Crippen LogP contribution in [0.5, 0.6) is 0 Å². The highest BCUT2D eigenvalue weighted by atomic mass is 35.5. The summed E-state index contributed by atoms with van der Waals surface area (Å²) in [6.07, 6.45) is -0.410. The third-order valence-corrected chi connectivity index (χ3v) is 3.15. The quantitative estimate of drug-likeness (QED) is 0.857. The molecule has 0 amide bonds. The molecule has 1 unspecified atom stereocenters. The smallest absolute Gasteiger partial charge is 0.225 e.